The van der Waals surface area contributed by atoms with Gasteiger partial charge < -0.3 is 15.0 Å². The molecule has 1 aromatic carbocycles. The summed E-state index contributed by atoms with van der Waals surface area (Å²) in [6.07, 6.45) is 0. The molecular weight excluding hydrogens is 262 g/mol. The summed E-state index contributed by atoms with van der Waals surface area (Å²) < 4.78 is 5.37. The summed E-state index contributed by atoms with van der Waals surface area (Å²) in [7, 11) is 0. The van der Waals surface area contributed by atoms with Gasteiger partial charge in [0.1, 0.15) is 11.4 Å². The Balaban J connectivity index is 2.28. The molecule has 1 heterocycles. The zero-order chi connectivity index (χ0) is 14.5. The number of H-pyrrole nitrogens is 2. The van der Waals surface area contributed by atoms with Crippen LogP contribution < -0.4 is 21.3 Å². The van der Waals surface area contributed by atoms with Gasteiger partial charge in [0, 0.05) is 6.07 Å². The van der Waals surface area contributed by atoms with Crippen molar-refractivity contribution in [1.29, 1.82) is 0 Å². The molecule has 0 spiro atoms. The second kappa shape index (κ2) is 5.87. The van der Waals surface area contributed by atoms with Crippen LogP contribution in [0.5, 0.6) is 5.75 Å². The van der Waals surface area contributed by atoms with E-state index in [1.54, 1.807) is 24.3 Å². The molecule has 20 heavy (non-hydrogen) atoms. The van der Waals surface area contributed by atoms with Gasteiger partial charge in [-0.3, -0.25) is 14.6 Å². The van der Waals surface area contributed by atoms with Crippen LogP contribution in [0.2, 0.25) is 0 Å². The Labute approximate surface area is 113 Å². The molecule has 0 fully saturated rings. The summed E-state index contributed by atoms with van der Waals surface area (Å²) in [5, 5.41) is 2.58. The van der Waals surface area contributed by atoms with E-state index >= 15 is 0 Å². The number of carbonyl (C=O) groups excluding carboxylic acids is 1. The number of anilines is 1. The molecule has 0 unspecified atom stereocenters. The molecule has 0 saturated heterocycles. The first kappa shape index (κ1) is 13.6. The smallest absolute Gasteiger partial charge is 0.326 e. The molecular formula is C13H13N3O4. The van der Waals surface area contributed by atoms with Gasteiger partial charge in [-0.25, -0.2) is 4.79 Å². The number of hydrogen-bond acceptors (Lipinski definition) is 4. The predicted octanol–water partition coefficient (Wildman–Crippen LogP) is 0.714. The van der Waals surface area contributed by atoms with Crippen molar-refractivity contribution >= 4 is 11.6 Å². The topological polar surface area (TPSA) is 104 Å². The van der Waals surface area contributed by atoms with E-state index in [1.807, 2.05) is 11.9 Å². The fourth-order valence-electron chi connectivity index (χ4n) is 1.63. The third-order valence-corrected chi connectivity index (χ3v) is 2.44. The summed E-state index contributed by atoms with van der Waals surface area (Å²) in [5.74, 6) is -0.0871. The monoisotopic (exact) mass is 275 g/mol. The largest absolute Gasteiger partial charge is 0.492 e. The molecule has 0 atom stereocenters. The summed E-state index contributed by atoms with van der Waals surface area (Å²) >= 11 is 0. The number of carbonyl (C=O) groups is 1. The normalized spacial score (nSPS) is 10.1. The zero-order valence-corrected chi connectivity index (χ0v) is 10.7. The van der Waals surface area contributed by atoms with Gasteiger partial charge in [-0.15, -0.1) is 0 Å². The first-order valence-electron chi connectivity index (χ1n) is 5.97. The predicted molar refractivity (Wildman–Crippen MR) is 73.2 cm³/mol. The molecule has 0 bridgehead atoms. The highest BCUT2D eigenvalue weighted by molar-refractivity contribution is 6.03. The summed E-state index contributed by atoms with van der Waals surface area (Å²) in [5.41, 5.74) is -1.04. The molecule has 7 heteroatoms. The molecule has 0 aliphatic heterocycles. The van der Waals surface area contributed by atoms with Gasteiger partial charge in [0.25, 0.3) is 11.5 Å². The molecule has 0 radical (unpaired) electrons. The van der Waals surface area contributed by atoms with E-state index in [0.29, 0.717) is 18.0 Å². The second-order valence-electron chi connectivity index (χ2n) is 3.88. The number of para-hydroxylation sites is 2. The van der Waals surface area contributed by atoms with Crippen molar-refractivity contribution in [1.82, 2.24) is 9.97 Å². The Kier molecular flexibility index (Phi) is 3.99. The minimum absolute atomic E-state index is 0.120. The van der Waals surface area contributed by atoms with Crippen molar-refractivity contribution in [3.8, 4) is 5.75 Å². The van der Waals surface area contributed by atoms with Gasteiger partial charge in [0.05, 0.1) is 12.3 Å². The SMILES string of the molecule is CCOc1ccccc1NC(=O)c1cc(=O)[nH]c(=O)[nH]1. The Morgan fingerprint density at radius 3 is 2.70 bits per heavy atom. The molecule has 104 valence electrons. The fourth-order valence-corrected chi connectivity index (χ4v) is 1.63. The van der Waals surface area contributed by atoms with Crippen LogP contribution >= 0.6 is 0 Å². The number of amides is 1. The number of aromatic amines is 2. The molecule has 3 N–H and O–H groups in total. The molecule has 2 rings (SSSR count). The molecule has 1 amide bonds. The number of benzene rings is 1. The van der Waals surface area contributed by atoms with Gasteiger partial charge in [-0.05, 0) is 19.1 Å². The van der Waals surface area contributed by atoms with Crippen molar-refractivity contribution in [2.45, 2.75) is 6.92 Å². The summed E-state index contributed by atoms with van der Waals surface area (Å²) in [6, 6.07) is 7.89. The Morgan fingerprint density at radius 1 is 1.25 bits per heavy atom. The number of rotatable bonds is 4. The molecule has 0 aliphatic rings. The third kappa shape index (κ3) is 3.14. The number of hydrogen-bond donors (Lipinski definition) is 3. The van der Waals surface area contributed by atoms with E-state index < -0.39 is 17.2 Å². The number of ether oxygens (including phenoxy) is 1. The third-order valence-electron chi connectivity index (χ3n) is 2.44. The van der Waals surface area contributed by atoms with E-state index in [4.69, 9.17) is 4.74 Å². The maximum atomic E-state index is 12.0. The minimum Gasteiger partial charge on any atom is -0.492 e. The van der Waals surface area contributed by atoms with Crippen LogP contribution in [0, 0.1) is 0 Å². The van der Waals surface area contributed by atoms with Crippen LogP contribution in [-0.4, -0.2) is 22.5 Å². The number of aromatic nitrogens is 2. The minimum atomic E-state index is -0.735. The standard InChI is InChI=1S/C13H13N3O4/c1-2-20-10-6-4-3-5-8(10)14-12(18)9-7-11(17)16-13(19)15-9/h3-7H,2H2,1H3,(H,14,18)(H2,15,16,17,19). The molecule has 2 aromatic rings. The lowest BCUT2D eigenvalue weighted by Crippen LogP contribution is -2.27. The van der Waals surface area contributed by atoms with Gasteiger partial charge in [-0.2, -0.15) is 0 Å². The van der Waals surface area contributed by atoms with E-state index in [2.05, 4.69) is 10.3 Å². The van der Waals surface area contributed by atoms with E-state index in [9.17, 15) is 14.4 Å². The van der Waals surface area contributed by atoms with Gasteiger partial charge >= 0.3 is 5.69 Å². The van der Waals surface area contributed by atoms with Crippen molar-refractivity contribution in [3.05, 3.63) is 56.9 Å². The molecule has 7 nitrogen and oxygen atoms in total. The maximum absolute atomic E-state index is 12.0. The lowest BCUT2D eigenvalue weighted by atomic mass is 10.2. The van der Waals surface area contributed by atoms with Crippen molar-refractivity contribution < 1.29 is 9.53 Å². The van der Waals surface area contributed by atoms with Crippen LogP contribution in [0.25, 0.3) is 0 Å². The summed E-state index contributed by atoms with van der Waals surface area (Å²) in [6.45, 7) is 2.28. The molecule has 1 aromatic heterocycles. The zero-order valence-electron chi connectivity index (χ0n) is 10.7. The van der Waals surface area contributed by atoms with Crippen LogP contribution in [0.3, 0.4) is 0 Å². The van der Waals surface area contributed by atoms with Gasteiger partial charge in [0.2, 0.25) is 0 Å². The average molecular weight is 275 g/mol. The highest BCUT2D eigenvalue weighted by atomic mass is 16.5. The summed E-state index contributed by atoms with van der Waals surface area (Å²) in [4.78, 5) is 38.5. The van der Waals surface area contributed by atoms with Crippen molar-refractivity contribution in [3.63, 3.8) is 0 Å². The molecule has 0 saturated carbocycles. The van der Waals surface area contributed by atoms with Crippen LogP contribution in [0.1, 0.15) is 17.4 Å². The Hall–Kier alpha value is -2.83. The lowest BCUT2D eigenvalue weighted by Gasteiger charge is -2.10. The van der Waals surface area contributed by atoms with Crippen LogP contribution in [-0.2, 0) is 0 Å². The van der Waals surface area contributed by atoms with E-state index in [-0.39, 0.29) is 5.69 Å². The van der Waals surface area contributed by atoms with Crippen LogP contribution in [0.4, 0.5) is 5.69 Å². The van der Waals surface area contributed by atoms with Crippen molar-refractivity contribution in [2.75, 3.05) is 11.9 Å². The quantitative estimate of drug-likeness (QED) is 0.764. The maximum Gasteiger partial charge on any atom is 0.326 e. The van der Waals surface area contributed by atoms with E-state index in [0.717, 1.165) is 6.07 Å². The Bertz CT molecular complexity index is 704. The van der Waals surface area contributed by atoms with Crippen LogP contribution in [0.15, 0.2) is 39.9 Å². The first-order chi connectivity index (χ1) is 9.60. The van der Waals surface area contributed by atoms with E-state index in [1.165, 1.54) is 0 Å². The highest BCUT2D eigenvalue weighted by Gasteiger charge is 2.11. The Morgan fingerprint density at radius 2 is 2.00 bits per heavy atom. The highest BCUT2D eigenvalue weighted by Crippen LogP contribution is 2.23. The average Bonchev–Trinajstić information content (AvgIpc) is 2.40. The first-order valence-corrected chi connectivity index (χ1v) is 5.97. The molecule has 0 aliphatic carbocycles. The van der Waals surface area contributed by atoms with Gasteiger partial charge in [0.15, 0.2) is 0 Å². The lowest BCUT2D eigenvalue weighted by molar-refractivity contribution is 0.102. The van der Waals surface area contributed by atoms with Gasteiger partial charge in [-0.1, -0.05) is 12.1 Å². The number of nitrogens with one attached hydrogen (secondary N) is 3. The van der Waals surface area contributed by atoms with Crippen molar-refractivity contribution in [2.24, 2.45) is 0 Å². The second-order valence-corrected chi connectivity index (χ2v) is 3.88. The fraction of sp³-hybridized carbons (Fsp3) is 0.154.